The van der Waals surface area contributed by atoms with Crippen LogP contribution in [-0.2, 0) is 11.8 Å². The number of hydrogen-bond acceptors (Lipinski definition) is 2. The van der Waals surface area contributed by atoms with Crippen molar-refractivity contribution in [3.05, 3.63) is 47.8 Å². The molecule has 0 spiro atoms. The summed E-state index contributed by atoms with van der Waals surface area (Å²) in [5.74, 6) is 0.865. The van der Waals surface area contributed by atoms with Gasteiger partial charge in [-0.05, 0) is 23.8 Å². The van der Waals surface area contributed by atoms with E-state index < -0.39 is 0 Å². The second kappa shape index (κ2) is 4.71. The molecule has 0 aliphatic heterocycles. The first-order valence-corrected chi connectivity index (χ1v) is 6.68. The molecule has 0 aliphatic rings. The highest BCUT2D eigenvalue weighted by molar-refractivity contribution is 6.17. The highest BCUT2D eigenvalue weighted by Crippen LogP contribution is 2.24. The minimum atomic E-state index is 0.412. The fourth-order valence-electron chi connectivity index (χ4n) is 2.02. The summed E-state index contributed by atoms with van der Waals surface area (Å²) in [6.07, 6.45) is 1.80. The third-order valence-electron chi connectivity index (χ3n) is 2.93. The van der Waals surface area contributed by atoms with E-state index in [0.717, 1.165) is 33.1 Å². The average molecular weight is 277 g/mol. The Morgan fingerprint density at radius 2 is 1.83 bits per heavy atom. The molecule has 2 aromatic heterocycles. The van der Waals surface area contributed by atoms with E-state index in [1.165, 1.54) is 0 Å². The van der Waals surface area contributed by atoms with Crippen LogP contribution in [0.25, 0.3) is 21.8 Å². The Balaban J connectivity index is 2.40. The van der Waals surface area contributed by atoms with Gasteiger partial charge in [0.1, 0.15) is 0 Å². The number of fused-ring (bicyclic) bond motifs is 3. The Morgan fingerprint density at radius 3 is 2.61 bits per heavy atom. The Morgan fingerprint density at radius 1 is 1.00 bits per heavy atom. The van der Waals surface area contributed by atoms with Crippen molar-refractivity contribution >= 4 is 45.0 Å². The summed E-state index contributed by atoms with van der Waals surface area (Å²) in [5, 5.41) is 2.11. The molecule has 2 heterocycles. The zero-order valence-electron chi connectivity index (χ0n) is 9.53. The standard InChI is InChI=1S/C14H10Cl2N2/c15-6-9-5-12-13(17-8-9)4-2-10-1-3-11(7-16)18-14(10)12/h1-5,8H,6-7H2. The van der Waals surface area contributed by atoms with Crippen LogP contribution in [0.2, 0.25) is 0 Å². The molecule has 0 bridgehead atoms. The molecule has 1 aromatic carbocycles. The number of alkyl halides is 2. The predicted molar refractivity (Wildman–Crippen MR) is 76.2 cm³/mol. The smallest absolute Gasteiger partial charge is 0.0799 e. The Labute approximate surface area is 115 Å². The molecule has 18 heavy (non-hydrogen) atoms. The molecule has 0 amide bonds. The van der Waals surface area contributed by atoms with Crippen molar-refractivity contribution in [2.45, 2.75) is 11.8 Å². The molecule has 0 saturated carbocycles. The lowest BCUT2D eigenvalue weighted by Crippen LogP contribution is -1.90. The van der Waals surface area contributed by atoms with Crippen molar-refractivity contribution in [1.82, 2.24) is 9.97 Å². The molecule has 2 nitrogen and oxygen atoms in total. The lowest BCUT2D eigenvalue weighted by molar-refractivity contribution is 1.22. The van der Waals surface area contributed by atoms with E-state index in [4.69, 9.17) is 23.2 Å². The minimum absolute atomic E-state index is 0.412. The highest BCUT2D eigenvalue weighted by atomic mass is 35.5. The van der Waals surface area contributed by atoms with E-state index in [-0.39, 0.29) is 0 Å². The van der Waals surface area contributed by atoms with Crippen LogP contribution < -0.4 is 0 Å². The maximum Gasteiger partial charge on any atom is 0.0799 e. The number of rotatable bonds is 2. The number of halogens is 2. The van der Waals surface area contributed by atoms with Crippen LogP contribution in [0.3, 0.4) is 0 Å². The normalized spacial score (nSPS) is 11.2. The largest absolute Gasteiger partial charge is 0.256 e. The van der Waals surface area contributed by atoms with Crippen molar-refractivity contribution in [3.63, 3.8) is 0 Å². The van der Waals surface area contributed by atoms with Gasteiger partial charge in [-0.3, -0.25) is 9.97 Å². The van der Waals surface area contributed by atoms with Crippen molar-refractivity contribution in [1.29, 1.82) is 0 Å². The molecule has 3 rings (SSSR count). The van der Waals surface area contributed by atoms with Crippen molar-refractivity contribution in [2.24, 2.45) is 0 Å². The van der Waals surface area contributed by atoms with E-state index >= 15 is 0 Å². The molecule has 0 radical (unpaired) electrons. The fourth-order valence-corrected chi connectivity index (χ4v) is 2.31. The molecule has 90 valence electrons. The second-order valence-corrected chi connectivity index (χ2v) is 4.65. The van der Waals surface area contributed by atoms with Gasteiger partial charge in [0.05, 0.1) is 22.6 Å². The summed E-state index contributed by atoms with van der Waals surface area (Å²) in [7, 11) is 0. The van der Waals surface area contributed by atoms with Gasteiger partial charge in [0.2, 0.25) is 0 Å². The van der Waals surface area contributed by atoms with Crippen LogP contribution in [0.1, 0.15) is 11.3 Å². The number of benzene rings is 1. The zero-order valence-corrected chi connectivity index (χ0v) is 11.0. The van der Waals surface area contributed by atoms with Gasteiger partial charge in [0, 0.05) is 22.8 Å². The molecular weight excluding hydrogens is 267 g/mol. The zero-order chi connectivity index (χ0) is 12.5. The number of nitrogens with zero attached hydrogens (tertiary/aromatic N) is 2. The number of pyridine rings is 2. The van der Waals surface area contributed by atoms with Gasteiger partial charge >= 0.3 is 0 Å². The number of aromatic nitrogens is 2. The van der Waals surface area contributed by atoms with Crippen LogP contribution in [0, 0.1) is 0 Å². The maximum absolute atomic E-state index is 5.86. The molecule has 0 saturated heterocycles. The van der Waals surface area contributed by atoms with E-state index in [0.29, 0.717) is 11.8 Å². The first kappa shape index (κ1) is 11.7. The van der Waals surface area contributed by atoms with E-state index in [1.54, 1.807) is 6.20 Å². The van der Waals surface area contributed by atoms with Gasteiger partial charge in [-0.15, -0.1) is 23.2 Å². The first-order chi connectivity index (χ1) is 8.81. The third-order valence-corrected chi connectivity index (χ3v) is 3.51. The van der Waals surface area contributed by atoms with Crippen LogP contribution in [0.4, 0.5) is 0 Å². The molecule has 4 heteroatoms. The summed E-state index contributed by atoms with van der Waals surface area (Å²) in [4.78, 5) is 8.98. The van der Waals surface area contributed by atoms with Gasteiger partial charge in [-0.25, -0.2) is 0 Å². The molecule has 0 aliphatic carbocycles. The van der Waals surface area contributed by atoms with Crippen LogP contribution >= 0.6 is 23.2 Å². The lowest BCUT2D eigenvalue weighted by Gasteiger charge is -2.05. The molecule has 0 unspecified atom stereocenters. The Hall–Kier alpha value is -1.38. The van der Waals surface area contributed by atoms with Crippen LogP contribution in [0.15, 0.2) is 36.5 Å². The summed E-state index contributed by atoms with van der Waals surface area (Å²) in [6.45, 7) is 0. The first-order valence-electron chi connectivity index (χ1n) is 5.61. The van der Waals surface area contributed by atoms with Gasteiger partial charge < -0.3 is 0 Å². The van der Waals surface area contributed by atoms with Crippen molar-refractivity contribution in [3.8, 4) is 0 Å². The summed E-state index contributed by atoms with van der Waals surface area (Å²) in [6, 6.07) is 10.0. The second-order valence-electron chi connectivity index (χ2n) is 4.12. The van der Waals surface area contributed by atoms with E-state index in [1.807, 2.05) is 30.3 Å². The predicted octanol–water partition coefficient (Wildman–Crippen LogP) is 4.26. The van der Waals surface area contributed by atoms with Crippen molar-refractivity contribution in [2.75, 3.05) is 0 Å². The molecule has 3 aromatic rings. The van der Waals surface area contributed by atoms with Gasteiger partial charge in [-0.1, -0.05) is 12.1 Å². The summed E-state index contributed by atoms with van der Waals surface area (Å²) >= 11 is 11.7. The molecular formula is C14H10Cl2N2. The summed E-state index contributed by atoms with van der Waals surface area (Å²) < 4.78 is 0. The highest BCUT2D eigenvalue weighted by Gasteiger charge is 2.05. The topological polar surface area (TPSA) is 25.8 Å². The molecule has 0 atom stereocenters. The fraction of sp³-hybridized carbons (Fsp3) is 0.143. The molecule has 0 fully saturated rings. The maximum atomic E-state index is 5.86. The molecule has 0 N–H and O–H groups in total. The average Bonchev–Trinajstić information content (AvgIpc) is 2.45. The van der Waals surface area contributed by atoms with Crippen LogP contribution in [-0.4, -0.2) is 9.97 Å². The van der Waals surface area contributed by atoms with Crippen molar-refractivity contribution < 1.29 is 0 Å². The SMILES string of the molecule is ClCc1cnc2ccc3ccc(CCl)nc3c2c1. The lowest BCUT2D eigenvalue weighted by atomic mass is 10.1. The Bertz CT molecular complexity index is 663. The van der Waals surface area contributed by atoms with E-state index in [9.17, 15) is 0 Å². The van der Waals surface area contributed by atoms with Gasteiger partial charge in [0.25, 0.3) is 0 Å². The quantitative estimate of drug-likeness (QED) is 0.516. The van der Waals surface area contributed by atoms with Crippen LogP contribution in [0.5, 0.6) is 0 Å². The van der Waals surface area contributed by atoms with Gasteiger partial charge in [-0.2, -0.15) is 0 Å². The number of hydrogen-bond donors (Lipinski definition) is 0. The summed E-state index contributed by atoms with van der Waals surface area (Å²) in [5.41, 5.74) is 3.73. The van der Waals surface area contributed by atoms with Gasteiger partial charge in [0.15, 0.2) is 0 Å². The minimum Gasteiger partial charge on any atom is -0.256 e. The third kappa shape index (κ3) is 1.92. The Kier molecular flexibility index (Phi) is 3.06. The monoisotopic (exact) mass is 276 g/mol. The van der Waals surface area contributed by atoms with E-state index in [2.05, 4.69) is 9.97 Å².